The number of alkyl halides is 3. The van der Waals surface area contributed by atoms with Gasteiger partial charge in [-0.05, 0) is 35.4 Å². The predicted octanol–water partition coefficient (Wildman–Crippen LogP) is 4.46. The minimum atomic E-state index is -4.45. The first kappa shape index (κ1) is 22.0. The van der Waals surface area contributed by atoms with Crippen LogP contribution in [-0.2, 0) is 33.3 Å². The number of nitrogens with one attached hydrogen (secondary N) is 1. The van der Waals surface area contributed by atoms with Crippen molar-refractivity contribution in [2.24, 2.45) is 0 Å². The number of amides is 1. The second-order valence-electron chi connectivity index (χ2n) is 5.92. The standard InChI is InChI=1S/C19H16Cl2F3NO3/c1-28-18(27)16(10-13-14(20)3-2-4-15(13)21)25-17(26)9-11-5-7-12(8-6-11)19(22,23)24/h2-8,16H,9-10H2,1H3,(H,25,26)/t16-/m0/s1. The summed E-state index contributed by atoms with van der Waals surface area (Å²) in [4.78, 5) is 24.3. The van der Waals surface area contributed by atoms with Crippen molar-refractivity contribution in [1.29, 1.82) is 0 Å². The van der Waals surface area contributed by atoms with Crippen molar-refractivity contribution < 1.29 is 27.5 Å². The van der Waals surface area contributed by atoms with Crippen molar-refractivity contribution in [3.05, 3.63) is 69.2 Å². The van der Waals surface area contributed by atoms with E-state index in [1.165, 1.54) is 19.2 Å². The summed E-state index contributed by atoms with van der Waals surface area (Å²) in [5.74, 6) is -1.25. The molecule has 2 rings (SSSR count). The molecule has 1 amide bonds. The normalized spacial score (nSPS) is 12.4. The van der Waals surface area contributed by atoms with Gasteiger partial charge < -0.3 is 10.1 Å². The first-order valence-electron chi connectivity index (χ1n) is 8.08. The number of hydrogen-bond acceptors (Lipinski definition) is 3. The van der Waals surface area contributed by atoms with Crippen molar-refractivity contribution in [3.8, 4) is 0 Å². The van der Waals surface area contributed by atoms with Gasteiger partial charge in [-0.1, -0.05) is 41.4 Å². The molecule has 0 radical (unpaired) electrons. The number of hydrogen-bond donors (Lipinski definition) is 1. The van der Waals surface area contributed by atoms with Gasteiger partial charge in [0.1, 0.15) is 6.04 Å². The summed E-state index contributed by atoms with van der Waals surface area (Å²) in [6.45, 7) is 0. The van der Waals surface area contributed by atoms with E-state index in [1.807, 2.05) is 0 Å². The van der Waals surface area contributed by atoms with Crippen LogP contribution in [0.2, 0.25) is 10.0 Å². The highest BCUT2D eigenvalue weighted by Crippen LogP contribution is 2.29. The van der Waals surface area contributed by atoms with Gasteiger partial charge in [-0.25, -0.2) is 4.79 Å². The molecule has 4 nitrogen and oxygen atoms in total. The Bertz CT molecular complexity index is 834. The second-order valence-corrected chi connectivity index (χ2v) is 6.73. The van der Waals surface area contributed by atoms with E-state index in [1.54, 1.807) is 18.2 Å². The maximum atomic E-state index is 12.6. The molecule has 0 aromatic heterocycles. The number of carbonyl (C=O) groups excluding carboxylic acids is 2. The van der Waals surface area contributed by atoms with E-state index in [0.717, 1.165) is 12.1 Å². The monoisotopic (exact) mass is 433 g/mol. The van der Waals surface area contributed by atoms with E-state index >= 15 is 0 Å². The Morgan fingerprint density at radius 1 is 1.07 bits per heavy atom. The molecule has 0 spiro atoms. The smallest absolute Gasteiger partial charge is 0.416 e. The zero-order valence-electron chi connectivity index (χ0n) is 14.6. The second kappa shape index (κ2) is 9.30. The van der Waals surface area contributed by atoms with Crippen LogP contribution < -0.4 is 5.32 Å². The van der Waals surface area contributed by atoms with E-state index in [0.29, 0.717) is 21.2 Å². The van der Waals surface area contributed by atoms with Crippen molar-refractivity contribution in [2.75, 3.05) is 7.11 Å². The van der Waals surface area contributed by atoms with Crippen LogP contribution in [0, 0.1) is 0 Å². The summed E-state index contributed by atoms with van der Waals surface area (Å²) in [5.41, 5.74) is 0.0263. The molecule has 0 saturated carbocycles. The van der Waals surface area contributed by atoms with E-state index in [9.17, 15) is 22.8 Å². The Morgan fingerprint density at radius 2 is 1.64 bits per heavy atom. The van der Waals surface area contributed by atoms with Gasteiger partial charge >= 0.3 is 12.1 Å². The zero-order valence-corrected chi connectivity index (χ0v) is 16.2. The summed E-state index contributed by atoms with van der Waals surface area (Å²) >= 11 is 12.2. The molecular weight excluding hydrogens is 418 g/mol. The number of esters is 1. The Morgan fingerprint density at radius 3 is 2.14 bits per heavy atom. The Labute approximate surface area is 169 Å². The van der Waals surface area contributed by atoms with Crippen LogP contribution in [0.3, 0.4) is 0 Å². The van der Waals surface area contributed by atoms with Gasteiger partial charge in [-0.15, -0.1) is 0 Å². The predicted molar refractivity (Wildman–Crippen MR) is 99.3 cm³/mol. The molecule has 2 aromatic rings. The molecular formula is C19H16Cl2F3NO3. The average Bonchev–Trinajstić information content (AvgIpc) is 2.63. The molecule has 9 heteroatoms. The van der Waals surface area contributed by atoms with Gasteiger partial charge in [-0.2, -0.15) is 13.2 Å². The fourth-order valence-electron chi connectivity index (χ4n) is 2.51. The van der Waals surface area contributed by atoms with Crippen molar-refractivity contribution in [3.63, 3.8) is 0 Å². The number of benzene rings is 2. The van der Waals surface area contributed by atoms with Crippen LogP contribution >= 0.6 is 23.2 Å². The van der Waals surface area contributed by atoms with Gasteiger partial charge in [0, 0.05) is 16.5 Å². The topological polar surface area (TPSA) is 55.4 Å². The van der Waals surface area contributed by atoms with E-state index in [4.69, 9.17) is 27.9 Å². The fraction of sp³-hybridized carbons (Fsp3) is 0.263. The minimum absolute atomic E-state index is 0.00390. The highest BCUT2D eigenvalue weighted by Gasteiger charge is 2.30. The summed E-state index contributed by atoms with van der Waals surface area (Å²) in [6, 6.07) is 7.99. The Kier molecular flexibility index (Phi) is 7.32. The van der Waals surface area contributed by atoms with Gasteiger partial charge in [0.05, 0.1) is 19.1 Å². The van der Waals surface area contributed by atoms with Gasteiger partial charge in [-0.3, -0.25) is 4.79 Å². The molecule has 150 valence electrons. The third kappa shape index (κ3) is 5.87. The quantitative estimate of drug-likeness (QED) is 0.684. The molecule has 0 saturated heterocycles. The average molecular weight is 434 g/mol. The lowest BCUT2D eigenvalue weighted by molar-refractivity contribution is -0.145. The summed E-state index contributed by atoms with van der Waals surface area (Å²) in [6.07, 6.45) is -4.66. The molecule has 0 fully saturated rings. The number of carbonyl (C=O) groups is 2. The van der Waals surface area contributed by atoms with E-state index in [2.05, 4.69) is 5.32 Å². The molecule has 1 atom stereocenters. The summed E-state index contributed by atoms with van der Waals surface area (Å²) in [5, 5.41) is 3.17. The molecule has 28 heavy (non-hydrogen) atoms. The summed E-state index contributed by atoms with van der Waals surface area (Å²) < 4.78 is 42.5. The molecule has 0 bridgehead atoms. The van der Waals surface area contributed by atoms with Gasteiger partial charge in [0.2, 0.25) is 5.91 Å². The van der Waals surface area contributed by atoms with Crippen LogP contribution in [0.25, 0.3) is 0 Å². The molecule has 1 N–H and O–H groups in total. The van der Waals surface area contributed by atoms with Crippen molar-refractivity contribution in [1.82, 2.24) is 5.32 Å². The lowest BCUT2D eigenvalue weighted by atomic mass is 10.0. The van der Waals surface area contributed by atoms with Crippen molar-refractivity contribution in [2.45, 2.75) is 25.1 Å². The molecule has 0 unspecified atom stereocenters. The zero-order chi connectivity index (χ0) is 20.9. The van der Waals surface area contributed by atoms with E-state index < -0.39 is 29.7 Å². The molecule has 2 aromatic carbocycles. The van der Waals surface area contributed by atoms with Gasteiger partial charge in [0.25, 0.3) is 0 Å². The number of halogens is 5. The summed E-state index contributed by atoms with van der Waals surface area (Å²) in [7, 11) is 1.17. The Hall–Kier alpha value is -2.25. The van der Waals surface area contributed by atoms with Gasteiger partial charge in [0.15, 0.2) is 0 Å². The molecule has 0 aliphatic heterocycles. The molecule has 0 aliphatic rings. The van der Waals surface area contributed by atoms with Crippen LogP contribution in [0.4, 0.5) is 13.2 Å². The maximum Gasteiger partial charge on any atom is 0.416 e. The third-order valence-electron chi connectivity index (χ3n) is 3.94. The first-order valence-corrected chi connectivity index (χ1v) is 8.83. The lowest BCUT2D eigenvalue weighted by Gasteiger charge is -2.18. The van der Waals surface area contributed by atoms with Crippen LogP contribution in [0.15, 0.2) is 42.5 Å². The third-order valence-corrected chi connectivity index (χ3v) is 4.65. The maximum absolute atomic E-state index is 12.6. The van der Waals surface area contributed by atoms with Crippen molar-refractivity contribution >= 4 is 35.1 Å². The molecule has 0 heterocycles. The number of rotatable bonds is 6. The lowest BCUT2D eigenvalue weighted by Crippen LogP contribution is -2.43. The SMILES string of the molecule is COC(=O)[C@H](Cc1c(Cl)cccc1Cl)NC(=O)Cc1ccc(C(F)(F)F)cc1. The fourth-order valence-corrected chi connectivity index (χ4v) is 3.06. The minimum Gasteiger partial charge on any atom is -0.467 e. The van der Waals surface area contributed by atoms with Crippen LogP contribution in [0.5, 0.6) is 0 Å². The number of ether oxygens (including phenoxy) is 1. The van der Waals surface area contributed by atoms with Crippen LogP contribution in [-0.4, -0.2) is 25.0 Å². The number of methoxy groups -OCH3 is 1. The van der Waals surface area contributed by atoms with E-state index in [-0.39, 0.29) is 12.8 Å². The highest BCUT2D eigenvalue weighted by molar-refractivity contribution is 6.36. The molecule has 0 aliphatic carbocycles. The largest absolute Gasteiger partial charge is 0.467 e. The van der Waals surface area contributed by atoms with Crippen LogP contribution in [0.1, 0.15) is 16.7 Å². The Balaban J connectivity index is 2.10. The highest BCUT2D eigenvalue weighted by atomic mass is 35.5. The first-order chi connectivity index (χ1) is 13.1.